The highest BCUT2D eigenvalue weighted by Gasteiger charge is 2.11. The molecule has 27 heavy (non-hydrogen) atoms. The molecule has 1 aromatic carbocycles. The van der Waals surface area contributed by atoms with Gasteiger partial charge in [0.25, 0.3) is 5.91 Å². The first-order chi connectivity index (χ1) is 13.1. The molecule has 0 bridgehead atoms. The highest BCUT2D eigenvalue weighted by molar-refractivity contribution is 7.14. The number of nitrogens with one attached hydrogen (secondary N) is 2. The van der Waals surface area contributed by atoms with E-state index in [9.17, 15) is 14.0 Å². The lowest BCUT2D eigenvalue weighted by Crippen LogP contribution is -2.27. The Morgan fingerprint density at radius 3 is 2.81 bits per heavy atom. The Kier molecular flexibility index (Phi) is 6.15. The van der Waals surface area contributed by atoms with Crippen LogP contribution in [0.3, 0.4) is 0 Å². The largest absolute Gasteiger partial charge is 0.494 e. The van der Waals surface area contributed by atoms with Crippen LogP contribution in [0.4, 0.5) is 9.52 Å². The van der Waals surface area contributed by atoms with Gasteiger partial charge in [-0.25, -0.2) is 9.37 Å². The molecule has 0 aliphatic carbocycles. The van der Waals surface area contributed by atoms with Gasteiger partial charge in [0.1, 0.15) is 0 Å². The summed E-state index contributed by atoms with van der Waals surface area (Å²) in [6.45, 7) is 0.225. The topological polar surface area (TPSA) is 80.3 Å². The van der Waals surface area contributed by atoms with Crippen molar-refractivity contribution in [3.63, 3.8) is 0 Å². The van der Waals surface area contributed by atoms with Crippen LogP contribution in [0.5, 0.6) is 5.75 Å². The number of carbonyl (C=O) groups excluding carboxylic acids is 2. The van der Waals surface area contributed by atoms with Gasteiger partial charge in [-0.15, -0.1) is 11.3 Å². The van der Waals surface area contributed by atoms with Crippen LogP contribution in [-0.2, 0) is 4.79 Å². The third kappa shape index (κ3) is 4.89. The summed E-state index contributed by atoms with van der Waals surface area (Å²) in [6, 6.07) is 6.28. The Morgan fingerprint density at radius 1 is 1.26 bits per heavy atom. The predicted octanol–water partition coefficient (Wildman–Crippen LogP) is 3.78. The summed E-state index contributed by atoms with van der Waals surface area (Å²) in [6.07, 6.45) is 0.127. The second-order valence-corrected chi connectivity index (χ2v) is 7.09. The summed E-state index contributed by atoms with van der Waals surface area (Å²) in [5.74, 6) is -0.786. The summed E-state index contributed by atoms with van der Waals surface area (Å²) in [5, 5.41) is 11.1. The molecule has 0 saturated carbocycles. The molecule has 0 aliphatic heterocycles. The SMILES string of the molecule is COc1ccc(-c2csc(NC(=O)CCNC(=O)c3ccsc3)n2)cc1F. The van der Waals surface area contributed by atoms with Crippen molar-refractivity contribution in [1.29, 1.82) is 0 Å². The highest BCUT2D eigenvalue weighted by atomic mass is 32.1. The van der Waals surface area contributed by atoms with Gasteiger partial charge >= 0.3 is 0 Å². The fourth-order valence-electron chi connectivity index (χ4n) is 2.26. The van der Waals surface area contributed by atoms with Gasteiger partial charge in [0.2, 0.25) is 5.91 Å². The molecule has 2 N–H and O–H groups in total. The van der Waals surface area contributed by atoms with Crippen LogP contribution < -0.4 is 15.4 Å². The number of thiophene rings is 1. The predicted molar refractivity (Wildman–Crippen MR) is 104 cm³/mol. The van der Waals surface area contributed by atoms with Crippen molar-refractivity contribution in [1.82, 2.24) is 10.3 Å². The zero-order valence-corrected chi connectivity index (χ0v) is 16.0. The van der Waals surface area contributed by atoms with Crippen LogP contribution in [0.1, 0.15) is 16.8 Å². The third-order valence-electron chi connectivity index (χ3n) is 3.62. The first kappa shape index (κ1) is 19.0. The number of hydrogen-bond acceptors (Lipinski definition) is 6. The van der Waals surface area contributed by atoms with E-state index in [1.165, 1.54) is 41.9 Å². The summed E-state index contributed by atoms with van der Waals surface area (Å²) in [4.78, 5) is 28.1. The smallest absolute Gasteiger partial charge is 0.252 e. The van der Waals surface area contributed by atoms with E-state index in [2.05, 4.69) is 15.6 Å². The van der Waals surface area contributed by atoms with Crippen molar-refractivity contribution in [3.8, 4) is 17.0 Å². The van der Waals surface area contributed by atoms with Crippen LogP contribution >= 0.6 is 22.7 Å². The average molecular weight is 405 g/mol. The van der Waals surface area contributed by atoms with E-state index in [0.29, 0.717) is 22.0 Å². The monoisotopic (exact) mass is 405 g/mol. The second kappa shape index (κ2) is 8.74. The Balaban J connectivity index is 1.52. The number of thiazole rings is 1. The zero-order valence-electron chi connectivity index (χ0n) is 14.3. The summed E-state index contributed by atoms with van der Waals surface area (Å²) >= 11 is 2.68. The van der Waals surface area contributed by atoms with E-state index in [1.54, 1.807) is 22.9 Å². The van der Waals surface area contributed by atoms with Crippen LogP contribution in [0.2, 0.25) is 0 Å². The summed E-state index contributed by atoms with van der Waals surface area (Å²) in [5.41, 5.74) is 1.73. The van der Waals surface area contributed by atoms with E-state index < -0.39 is 5.82 Å². The number of rotatable bonds is 7. The molecule has 0 saturated heterocycles. The minimum atomic E-state index is -0.477. The molecular formula is C18H16FN3O3S2. The number of benzene rings is 1. The lowest BCUT2D eigenvalue weighted by Gasteiger charge is -2.04. The van der Waals surface area contributed by atoms with Crippen LogP contribution in [0.15, 0.2) is 40.4 Å². The Labute approximate surface area is 163 Å². The van der Waals surface area contributed by atoms with Gasteiger partial charge in [0.05, 0.1) is 12.8 Å². The molecule has 0 fully saturated rings. The van der Waals surface area contributed by atoms with Gasteiger partial charge in [0.15, 0.2) is 16.7 Å². The van der Waals surface area contributed by atoms with Crippen molar-refractivity contribution in [3.05, 3.63) is 51.8 Å². The number of amides is 2. The molecule has 2 amide bonds. The Morgan fingerprint density at radius 2 is 2.11 bits per heavy atom. The van der Waals surface area contributed by atoms with Crippen molar-refractivity contribution < 1.29 is 18.7 Å². The number of carbonyl (C=O) groups is 2. The molecule has 0 radical (unpaired) electrons. The van der Waals surface area contributed by atoms with Gasteiger partial charge in [0, 0.05) is 34.9 Å². The molecule has 0 aliphatic rings. The minimum absolute atomic E-state index is 0.127. The zero-order chi connectivity index (χ0) is 19.2. The van der Waals surface area contributed by atoms with Crippen LogP contribution in [-0.4, -0.2) is 30.5 Å². The normalized spacial score (nSPS) is 10.4. The van der Waals surface area contributed by atoms with Crippen molar-refractivity contribution in [2.45, 2.75) is 6.42 Å². The maximum absolute atomic E-state index is 13.8. The molecule has 3 rings (SSSR count). The van der Waals surface area contributed by atoms with Crippen molar-refractivity contribution >= 4 is 39.6 Å². The number of hydrogen-bond donors (Lipinski definition) is 2. The van der Waals surface area contributed by atoms with E-state index in [0.717, 1.165) is 0 Å². The van der Waals surface area contributed by atoms with E-state index >= 15 is 0 Å². The molecule has 2 aromatic heterocycles. The van der Waals surface area contributed by atoms with Gasteiger partial charge in [-0.1, -0.05) is 0 Å². The molecule has 140 valence electrons. The average Bonchev–Trinajstić information content (AvgIpc) is 3.33. The molecular weight excluding hydrogens is 389 g/mol. The number of anilines is 1. The number of nitrogens with zero attached hydrogens (tertiary/aromatic N) is 1. The van der Waals surface area contributed by atoms with Gasteiger partial charge in [-0.3, -0.25) is 9.59 Å². The maximum atomic E-state index is 13.8. The summed E-state index contributed by atoms with van der Waals surface area (Å²) in [7, 11) is 1.40. The van der Waals surface area contributed by atoms with Gasteiger partial charge in [-0.2, -0.15) is 11.3 Å². The van der Waals surface area contributed by atoms with Crippen LogP contribution in [0.25, 0.3) is 11.3 Å². The number of ether oxygens (including phenoxy) is 1. The minimum Gasteiger partial charge on any atom is -0.494 e. The molecule has 0 spiro atoms. The second-order valence-electron chi connectivity index (χ2n) is 5.45. The lowest BCUT2D eigenvalue weighted by atomic mass is 10.1. The standard InChI is InChI=1S/C18H16FN3O3S2/c1-25-15-3-2-11(8-13(15)19)14-10-27-18(21-14)22-16(23)4-6-20-17(24)12-5-7-26-9-12/h2-3,5,7-10H,4,6H2,1H3,(H,20,24)(H,21,22,23). The van der Waals surface area contributed by atoms with E-state index in [-0.39, 0.29) is 30.5 Å². The first-order valence-corrected chi connectivity index (χ1v) is 9.79. The fraction of sp³-hybridized carbons (Fsp3) is 0.167. The Bertz CT molecular complexity index is 941. The van der Waals surface area contributed by atoms with E-state index in [1.807, 2.05) is 5.38 Å². The highest BCUT2D eigenvalue weighted by Crippen LogP contribution is 2.28. The number of halogens is 1. The van der Waals surface area contributed by atoms with E-state index in [4.69, 9.17) is 4.74 Å². The van der Waals surface area contributed by atoms with Crippen molar-refractivity contribution in [2.24, 2.45) is 0 Å². The molecule has 3 aromatic rings. The fourth-order valence-corrected chi connectivity index (χ4v) is 3.63. The number of aromatic nitrogens is 1. The molecule has 0 atom stereocenters. The quantitative estimate of drug-likeness (QED) is 0.627. The van der Waals surface area contributed by atoms with Gasteiger partial charge in [-0.05, 0) is 29.6 Å². The Hall–Kier alpha value is -2.78. The maximum Gasteiger partial charge on any atom is 0.252 e. The molecule has 2 heterocycles. The molecule has 9 heteroatoms. The first-order valence-electron chi connectivity index (χ1n) is 7.96. The van der Waals surface area contributed by atoms with Crippen LogP contribution in [0, 0.1) is 5.82 Å². The lowest BCUT2D eigenvalue weighted by molar-refractivity contribution is -0.116. The van der Waals surface area contributed by atoms with Crippen molar-refractivity contribution in [2.75, 3.05) is 19.0 Å². The third-order valence-corrected chi connectivity index (χ3v) is 5.06. The summed E-state index contributed by atoms with van der Waals surface area (Å²) < 4.78 is 18.7. The van der Waals surface area contributed by atoms with Gasteiger partial charge < -0.3 is 15.4 Å². The number of methoxy groups -OCH3 is 1. The molecule has 0 unspecified atom stereocenters. The molecule has 6 nitrogen and oxygen atoms in total.